The lowest BCUT2D eigenvalue weighted by Gasteiger charge is -2.37. The Morgan fingerprint density at radius 3 is 2.65 bits per heavy atom. The maximum absolute atomic E-state index is 6.31. The van der Waals surface area contributed by atoms with E-state index in [9.17, 15) is 0 Å². The molecule has 1 aromatic heterocycles. The van der Waals surface area contributed by atoms with Gasteiger partial charge in [0.05, 0.1) is 18.2 Å². The lowest BCUT2D eigenvalue weighted by atomic mass is 9.94. The first kappa shape index (κ1) is 24.2. The smallest absolute Gasteiger partial charge is 0.258 e. The summed E-state index contributed by atoms with van der Waals surface area (Å²) in [5.74, 6) is 1.79. The summed E-state index contributed by atoms with van der Waals surface area (Å²) in [5, 5.41) is 9.10. The van der Waals surface area contributed by atoms with Gasteiger partial charge in [-0.05, 0) is 74.4 Å². The second-order valence-electron chi connectivity index (χ2n) is 8.18. The summed E-state index contributed by atoms with van der Waals surface area (Å²) in [6.45, 7) is 7.66. The molecule has 0 fully saturated rings. The highest BCUT2D eigenvalue weighted by molar-refractivity contribution is 7.80. The predicted molar refractivity (Wildman–Crippen MR) is 140 cm³/mol. The summed E-state index contributed by atoms with van der Waals surface area (Å²) in [7, 11) is 0. The van der Waals surface area contributed by atoms with Crippen molar-refractivity contribution in [1.82, 2.24) is 20.4 Å². The molecular formula is C26H29ClN4O2S. The van der Waals surface area contributed by atoms with Gasteiger partial charge in [-0.15, -0.1) is 0 Å². The van der Waals surface area contributed by atoms with Crippen LogP contribution in [0.5, 0.6) is 5.75 Å². The van der Waals surface area contributed by atoms with Crippen molar-refractivity contribution in [3.8, 4) is 17.1 Å². The fourth-order valence-electron chi connectivity index (χ4n) is 4.10. The highest BCUT2D eigenvalue weighted by Crippen LogP contribution is 2.38. The van der Waals surface area contributed by atoms with E-state index in [4.69, 9.17) is 38.1 Å². The van der Waals surface area contributed by atoms with E-state index in [1.807, 2.05) is 55.5 Å². The van der Waals surface area contributed by atoms with E-state index >= 15 is 0 Å². The highest BCUT2D eigenvalue weighted by Gasteiger charge is 2.34. The van der Waals surface area contributed by atoms with Gasteiger partial charge in [0.25, 0.3) is 5.89 Å². The summed E-state index contributed by atoms with van der Waals surface area (Å²) < 4.78 is 11.3. The Morgan fingerprint density at radius 1 is 1.15 bits per heavy atom. The Hall–Kier alpha value is -2.90. The Bertz CT molecular complexity index is 1180. The molecular weight excluding hydrogens is 468 g/mol. The van der Waals surface area contributed by atoms with Crippen LogP contribution < -0.4 is 10.1 Å². The second-order valence-corrected chi connectivity index (χ2v) is 9.00. The van der Waals surface area contributed by atoms with Crippen LogP contribution in [0, 0.1) is 0 Å². The number of ether oxygens (including phenoxy) is 1. The minimum Gasteiger partial charge on any atom is -0.494 e. The third kappa shape index (κ3) is 5.26. The third-order valence-electron chi connectivity index (χ3n) is 5.84. The van der Waals surface area contributed by atoms with Crippen LogP contribution in [-0.2, 0) is 0 Å². The Kier molecular flexibility index (Phi) is 7.85. The Morgan fingerprint density at radius 2 is 1.94 bits per heavy atom. The molecule has 1 aliphatic rings. The van der Waals surface area contributed by atoms with Crippen molar-refractivity contribution in [2.75, 3.05) is 13.2 Å². The number of aromatic nitrogens is 2. The first-order valence-corrected chi connectivity index (χ1v) is 12.4. The highest BCUT2D eigenvalue weighted by atomic mass is 35.5. The van der Waals surface area contributed by atoms with Crippen molar-refractivity contribution in [1.29, 1.82) is 0 Å². The van der Waals surface area contributed by atoms with Crippen LogP contribution >= 0.6 is 23.8 Å². The molecule has 0 radical (unpaired) electrons. The van der Waals surface area contributed by atoms with Gasteiger partial charge in [-0.3, -0.25) is 0 Å². The van der Waals surface area contributed by atoms with Crippen LogP contribution in [0.15, 0.2) is 58.8 Å². The molecule has 1 atom stereocenters. The predicted octanol–water partition coefficient (Wildman–Crippen LogP) is 6.64. The number of unbranched alkanes of at least 4 members (excludes halogenated alkanes) is 2. The zero-order valence-electron chi connectivity index (χ0n) is 19.7. The Labute approximate surface area is 210 Å². The summed E-state index contributed by atoms with van der Waals surface area (Å²) >= 11 is 12.1. The van der Waals surface area contributed by atoms with Crippen LogP contribution in [0.4, 0.5) is 0 Å². The van der Waals surface area contributed by atoms with Crippen LogP contribution in [0.25, 0.3) is 17.0 Å². The number of allylic oxidation sites excluding steroid dienone is 1. The number of hydrogen-bond acceptors (Lipinski definition) is 5. The third-order valence-corrected chi connectivity index (χ3v) is 6.42. The van der Waals surface area contributed by atoms with Crippen molar-refractivity contribution in [3.63, 3.8) is 0 Å². The van der Waals surface area contributed by atoms with Crippen molar-refractivity contribution in [2.24, 2.45) is 0 Å². The van der Waals surface area contributed by atoms with Gasteiger partial charge in [0.1, 0.15) is 5.75 Å². The minimum absolute atomic E-state index is 0.248. The van der Waals surface area contributed by atoms with Crippen LogP contribution in [0.3, 0.4) is 0 Å². The number of rotatable bonds is 9. The average Bonchev–Trinajstić information content (AvgIpc) is 3.31. The molecule has 1 unspecified atom stereocenters. The van der Waals surface area contributed by atoms with Gasteiger partial charge in [-0.2, -0.15) is 4.98 Å². The molecule has 34 heavy (non-hydrogen) atoms. The Balaban J connectivity index is 1.73. The van der Waals surface area contributed by atoms with Crippen LogP contribution in [0.2, 0.25) is 5.02 Å². The first-order chi connectivity index (χ1) is 16.5. The van der Waals surface area contributed by atoms with Crippen molar-refractivity contribution in [2.45, 2.75) is 46.1 Å². The molecule has 1 aliphatic heterocycles. The lowest BCUT2D eigenvalue weighted by molar-refractivity contribution is 0.340. The number of nitrogens with zero attached hydrogens (tertiary/aromatic N) is 3. The summed E-state index contributed by atoms with van der Waals surface area (Å²) in [6, 6.07) is 15.2. The first-order valence-electron chi connectivity index (χ1n) is 11.6. The topological polar surface area (TPSA) is 63.4 Å². The van der Waals surface area contributed by atoms with Gasteiger partial charge >= 0.3 is 0 Å². The van der Waals surface area contributed by atoms with Gasteiger partial charge in [-0.1, -0.05) is 48.7 Å². The van der Waals surface area contributed by atoms with E-state index in [1.165, 1.54) is 0 Å². The quantitative estimate of drug-likeness (QED) is 0.263. The molecule has 0 saturated carbocycles. The molecule has 0 bridgehead atoms. The monoisotopic (exact) mass is 496 g/mol. The molecule has 1 N–H and O–H groups in total. The molecule has 6 nitrogen and oxygen atoms in total. The zero-order chi connectivity index (χ0) is 24.1. The van der Waals surface area contributed by atoms with Crippen molar-refractivity contribution < 1.29 is 9.26 Å². The minimum atomic E-state index is -0.248. The van der Waals surface area contributed by atoms with E-state index in [-0.39, 0.29) is 6.04 Å². The van der Waals surface area contributed by atoms with E-state index in [1.54, 1.807) is 0 Å². The number of benzene rings is 2. The number of halogens is 1. The van der Waals surface area contributed by atoms with Crippen molar-refractivity contribution in [3.05, 3.63) is 70.7 Å². The molecule has 178 valence electrons. The SMILES string of the molecule is CCCCCN1C(=S)NC(c2cccc(Cl)c2)C(c2nc(-c3ccc(OCC)cc3)no2)=C1C. The van der Waals surface area contributed by atoms with Crippen LogP contribution in [-0.4, -0.2) is 33.3 Å². The normalized spacial score (nSPS) is 16.1. The molecule has 0 spiro atoms. The fourth-order valence-corrected chi connectivity index (χ4v) is 4.65. The van der Waals surface area contributed by atoms with Gasteiger partial charge in [0.2, 0.25) is 5.82 Å². The molecule has 0 saturated heterocycles. The molecule has 2 heterocycles. The largest absolute Gasteiger partial charge is 0.494 e. The van der Waals surface area contributed by atoms with Gasteiger partial charge < -0.3 is 19.5 Å². The maximum Gasteiger partial charge on any atom is 0.258 e. The fraction of sp³-hybridized carbons (Fsp3) is 0.346. The van der Waals surface area contributed by atoms with Gasteiger partial charge in [0.15, 0.2) is 5.11 Å². The summed E-state index contributed by atoms with van der Waals surface area (Å²) in [5.41, 5.74) is 3.75. The number of hydrogen-bond donors (Lipinski definition) is 1. The standard InChI is InChI=1S/C26H29ClN4O2S/c1-4-6-7-15-31-17(3)22(23(28-26(31)34)19-9-8-10-20(27)16-19)25-29-24(30-33-25)18-11-13-21(14-12-18)32-5-2/h8-14,16,23H,4-7,15H2,1-3H3,(H,28,34). The van der Waals surface area contributed by atoms with Crippen molar-refractivity contribution >= 4 is 34.5 Å². The lowest BCUT2D eigenvalue weighted by Crippen LogP contribution is -2.46. The summed E-state index contributed by atoms with van der Waals surface area (Å²) in [6.07, 6.45) is 3.33. The van der Waals surface area contributed by atoms with E-state index in [0.29, 0.717) is 28.5 Å². The number of thiocarbonyl (C=S) groups is 1. The second kappa shape index (κ2) is 11.0. The molecule has 3 aromatic rings. The molecule has 8 heteroatoms. The average molecular weight is 497 g/mol. The number of nitrogens with one attached hydrogen (secondary N) is 1. The van der Waals surface area contributed by atoms with E-state index < -0.39 is 0 Å². The maximum atomic E-state index is 6.31. The molecule has 4 rings (SSSR count). The van der Waals surface area contributed by atoms with Crippen LogP contribution in [0.1, 0.15) is 57.5 Å². The van der Waals surface area contributed by atoms with E-state index in [2.05, 4.69) is 29.2 Å². The zero-order valence-corrected chi connectivity index (χ0v) is 21.2. The molecule has 0 amide bonds. The van der Waals surface area contributed by atoms with Gasteiger partial charge in [0, 0.05) is 22.8 Å². The summed E-state index contributed by atoms with van der Waals surface area (Å²) in [4.78, 5) is 6.89. The van der Waals surface area contributed by atoms with Gasteiger partial charge in [-0.25, -0.2) is 0 Å². The molecule has 2 aromatic carbocycles. The van der Waals surface area contributed by atoms with E-state index in [0.717, 1.165) is 54.0 Å². The molecule has 0 aliphatic carbocycles.